The Kier molecular flexibility index (Phi) is 4.96. The molecule has 0 amide bonds. The van der Waals surface area contributed by atoms with Gasteiger partial charge >= 0.3 is 0 Å². The summed E-state index contributed by atoms with van der Waals surface area (Å²) in [5, 5.41) is 3.19. The Labute approximate surface area is 149 Å². The predicted octanol–water partition coefficient (Wildman–Crippen LogP) is 4.87. The van der Waals surface area contributed by atoms with Gasteiger partial charge in [0.1, 0.15) is 0 Å². The summed E-state index contributed by atoms with van der Waals surface area (Å²) in [5.74, 6) is 0. The van der Waals surface area contributed by atoms with Crippen molar-refractivity contribution in [2.45, 2.75) is 13.5 Å². The molecule has 3 nitrogen and oxygen atoms in total. The van der Waals surface area contributed by atoms with E-state index in [9.17, 15) is 0 Å². The first-order valence-electron chi connectivity index (χ1n) is 8.37. The standard InChI is InChI=1S/C22H23N3/c1-4-16-7-8-18(12-15(16)2)22-20(6-5-11-25-22)17-9-10-21(24-3)19(13-17)14-23/h4-13,24H,1,14,23H2,2-3H3. The van der Waals surface area contributed by atoms with Crippen molar-refractivity contribution in [3.63, 3.8) is 0 Å². The van der Waals surface area contributed by atoms with E-state index in [1.54, 1.807) is 0 Å². The smallest absolute Gasteiger partial charge is 0.0780 e. The maximum Gasteiger partial charge on any atom is 0.0780 e. The Hall–Kier alpha value is -2.91. The van der Waals surface area contributed by atoms with Crippen LogP contribution < -0.4 is 11.1 Å². The monoisotopic (exact) mass is 329 g/mol. The fourth-order valence-corrected chi connectivity index (χ4v) is 3.09. The molecule has 3 rings (SSSR count). The van der Waals surface area contributed by atoms with Crippen molar-refractivity contribution in [1.82, 2.24) is 4.98 Å². The Morgan fingerprint density at radius 1 is 1.12 bits per heavy atom. The van der Waals surface area contributed by atoms with Crippen LogP contribution in [0, 0.1) is 6.92 Å². The molecule has 3 aromatic rings. The third kappa shape index (κ3) is 3.32. The molecule has 1 aromatic heterocycles. The van der Waals surface area contributed by atoms with Gasteiger partial charge in [0.05, 0.1) is 5.69 Å². The lowest BCUT2D eigenvalue weighted by Gasteiger charge is -2.13. The molecule has 0 radical (unpaired) electrons. The number of benzene rings is 2. The maximum absolute atomic E-state index is 5.91. The minimum atomic E-state index is 0.493. The van der Waals surface area contributed by atoms with Crippen molar-refractivity contribution < 1.29 is 0 Å². The second-order valence-electron chi connectivity index (χ2n) is 6.00. The number of hydrogen-bond acceptors (Lipinski definition) is 3. The fourth-order valence-electron chi connectivity index (χ4n) is 3.09. The first kappa shape index (κ1) is 16.9. The van der Waals surface area contributed by atoms with Gasteiger partial charge in [-0.3, -0.25) is 4.98 Å². The minimum absolute atomic E-state index is 0.493. The molecule has 0 saturated carbocycles. The summed E-state index contributed by atoms with van der Waals surface area (Å²) in [6, 6.07) is 16.7. The van der Waals surface area contributed by atoms with Gasteiger partial charge in [0, 0.05) is 36.6 Å². The Bertz CT molecular complexity index is 913. The van der Waals surface area contributed by atoms with E-state index in [1.807, 2.05) is 25.4 Å². The molecular formula is C22H23N3. The van der Waals surface area contributed by atoms with Gasteiger partial charge in [-0.25, -0.2) is 0 Å². The number of anilines is 1. The largest absolute Gasteiger partial charge is 0.388 e. The Morgan fingerprint density at radius 3 is 2.60 bits per heavy atom. The van der Waals surface area contributed by atoms with Gasteiger partial charge in [-0.15, -0.1) is 0 Å². The molecule has 0 aliphatic rings. The highest BCUT2D eigenvalue weighted by molar-refractivity contribution is 5.82. The molecule has 0 fully saturated rings. The van der Waals surface area contributed by atoms with Crippen molar-refractivity contribution in [2.75, 3.05) is 12.4 Å². The summed E-state index contributed by atoms with van der Waals surface area (Å²) < 4.78 is 0. The number of rotatable bonds is 5. The molecule has 0 aliphatic heterocycles. The summed E-state index contributed by atoms with van der Waals surface area (Å²) in [7, 11) is 1.91. The van der Waals surface area contributed by atoms with Crippen molar-refractivity contribution in [2.24, 2.45) is 5.73 Å². The van der Waals surface area contributed by atoms with Crippen LogP contribution in [0.4, 0.5) is 5.69 Å². The molecule has 25 heavy (non-hydrogen) atoms. The summed E-state index contributed by atoms with van der Waals surface area (Å²) >= 11 is 0. The molecular weight excluding hydrogens is 306 g/mol. The Balaban J connectivity index is 2.14. The van der Waals surface area contributed by atoms with Crippen molar-refractivity contribution in [1.29, 1.82) is 0 Å². The van der Waals surface area contributed by atoms with Gasteiger partial charge in [-0.05, 0) is 53.4 Å². The molecule has 0 atom stereocenters. The third-order valence-corrected chi connectivity index (χ3v) is 4.48. The molecule has 0 unspecified atom stereocenters. The average molecular weight is 329 g/mol. The molecule has 126 valence electrons. The van der Waals surface area contributed by atoms with E-state index in [4.69, 9.17) is 5.73 Å². The van der Waals surface area contributed by atoms with Crippen LogP contribution in [0.25, 0.3) is 28.5 Å². The molecule has 3 N–H and O–H groups in total. The second-order valence-corrected chi connectivity index (χ2v) is 6.00. The number of hydrogen-bond donors (Lipinski definition) is 2. The van der Waals surface area contributed by atoms with Gasteiger partial charge in [0.25, 0.3) is 0 Å². The minimum Gasteiger partial charge on any atom is -0.388 e. The first-order valence-corrected chi connectivity index (χ1v) is 8.37. The zero-order chi connectivity index (χ0) is 17.8. The summed E-state index contributed by atoms with van der Waals surface area (Å²) in [6.07, 6.45) is 3.71. The molecule has 0 spiro atoms. The zero-order valence-electron chi connectivity index (χ0n) is 14.7. The van der Waals surface area contributed by atoms with Crippen LogP contribution in [0.3, 0.4) is 0 Å². The number of nitrogens with one attached hydrogen (secondary N) is 1. The SMILES string of the molecule is C=Cc1ccc(-c2ncccc2-c2ccc(NC)c(CN)c2)cc1C. The fraction of sp³-hybridized carbons (Fsp3) is 0.136. The van der Waals surface area contributed by atoms with Gasteiger partial charge in [-0.1, -0.05) is 36.9 Å². The first-order chi connectivity index (χ1) is 12.2. The number of pyridine rings is 1. The number of aryl methyl sites for hydroxylation is 1. The van der Waals surface area contributed by atoms with E-state index in [0.717, 1.165) is 39.2 Å². The van der Waals surface area contributed by atoms with Crippen LogP contribution in [0.15, 0.2) is 61.3 Å². The summed E-state index contributed by atoms with van der Waals surface area (Å²) in [5.41, 5.74) is 14.7. The average Bonchev–Trinajstić information content (AvgIpc) is 2.67. The number of nitrogens with zero attached hydrogens (tertiary/aromatic N) is 1. The summed E-state index contributed by atoms with van der Waals surface area (Å²) in [6.45, 7) is 6.45. The highest BCUT2D eigenvalue weighted by Gasteiger charge is 2.11. The van der Waals surface area contributed by atoms with E-state index in [-0.39, 0.29) is 0 Å². The number of nitrogens with two attached hydrogens (primary N) is 1. The highest BCUT2D eigenvalue weighted by Crippen LogP contribution is 2.33. The number of aromatic nitrogens is 1. The van der Waals surface area contributed by atoms with E-state index < -0.39 is 0 Å². The van der Waals surface area contributed by atoms with Crippen molar-refractivity contribution >= 4 is 11.8 Å². The highest BCUT2D eigenvalue weighted by atomic mass is 14.8. The van der Waals surface area contributed by atoms with Crippen LogP contribution in [0.1, 0.15) is 16.7 Å². The van der Waals surface area contributed by atoms with Crippen LogP contribution in [0.5, 0.6) is 0 Å². The van der Waals surface area contributed by atoms with Gasteiger partial charge in [0.15, 0.2) is 0 Å². The van der Waals surface area contributed by atoms with Crippen molar-refractivity contribution in [3.8, 4) is 22.4 Å². The predicted molar refractivity (Wildman–Crippen MR) is 107 cm³/mol. The lowest BCUT2D eigenvalue weighted by Crippen LogP contribution is -2.02. The zero-order valence-corrected chi connectivity index (χ0v) is 14.7. The second kappa shape index (κ2) is 7.32. The normalized spacial score (nSPS) is 10.5. The maximum atomic E-state index is 5.91. The third-order valence-electron chi connectivity index (χ3n) is 4.48. The summed E-state index contributed by atoms with van der Waals surface area (Å²) in [4.78, 5) is 4.65. The van der Waals surface area contributed by atoms with Crippen molar-refractivity contribution in [3.05, 3.63) is 78.0 Å². The van der Waals surface area contributed by atoms with Crippen LogP contribution in [0.2, 0.25) is 0 Å². The van der Waals surface area contributed by atoms with Crippen LogP contribution in [-0.2, 0) is 6.54 Å². The molecule has 2 aromatic carbocycles. The molecule has 0 saturated heterocycles. The molecule has 1 heterocycles. The van der Waals surface area contributed by atoms with E-state index in [0.29, 0.717) is 6.54 Å². The van der Waals surface area contributed by atoms with Gasteiger partial charge in [0.2, 0.25) is 0 Å². The van der Waals surface area contributed by atoms with E-state index in [1.165, 1.54) is 5.56 Å². The van der Waals surface area contributed by atoms with Crippen LogP contribution in [-0.4, -0.2) is 12.0 Å². The molecule has 0 bridgehead atoms. The molecule has 3 heteroatoms. The van der Waals surface area contributed by atoms with Gasteiger partial charge in [-0.2, -0.15) is 0 Å². The topological polar surface area (TPSA) is 50.9 Å². The lowest BCUT2D eigenvalue weighted by atomic mass is 9.95. The molecule has 0 aliphatic carbocycles. The van der Waals surface area contributed by atoms with Gasteiger partial charge < -0.3 is 11.1 Å². The van der Waals surface area contributed by atoms with E-state index >= 15 is 0 Å². The quantitative estimate of drug-likeness (QED) is 0.702. The van der Waals surface area contributed by atoms with Crippen LogP contribution >= 0.6 is 0 Å². The lowest BCUT2D eigenvalue weighted by molar-refractivity contribution is 1.07. The Morgan fingerprint density at radius 2 is 1.92 bits per heavy atom. The van der Waals surface area contributed by atoms with E-state index in [2.05, 4.69) is 66.3 Å².